The molecule has 2 aromatic rings. The molecule has 0 atom stereocenters. The molecule has 1 saturated heterocycles. The number of nitrogen functional groups attached to an aromatic ring is 1. The molecule has 0 bridgehead atoms. The number of anilines is 2. The predicted molar refractivity (Wildman–Crippen MR) is 77.6 cm³/mol. The highest BCUT2D eigenvalue weighted by molar-refractivity contribution is 5.92. The van der Waals surface area contributed by atoms with Gasteiger partial charge in [0, 0.05) is 43.8 Å². The van der Waals surface area contributed by atoms with Gasteiger partial charge in [-0.2, -0.15) is 5.10 Å². The number of piperazine rings is 1. The Labute approximate surface area is 117 Å². The molecule has 1 aliphatic heterocycles. The summed E-state index contributed by atoms with van der Waals surface area (Å²) in [5, 5.41) is 6.53. The van der Waals surface area contributed by atoms with Crippen molar-refractivity contribution in [1.82, 2.24) is 15.1 Å². The van der Waals surface area contributed by atoms with Crippen LogP contribution in [0.3, 0.4) is 0 Å². The highest BCUT2D eigenvalue weighted by Crippen LogP contribution is 2.19. The van der Waals surface area contributed by atoms with Crippen molar-refractivity contribution in [3.05, 3.63) is 42.2 Å². The maximum absolute atomic E-state index is 12.2. The van der Waals surface area contributed by atoms with Crippen LogP contribution >= 0.6 is 0 Å². The van der Waals surface area contributed by atoms with E-state index in [0.717, 1.165) is 24.5 Å². The van der Waals surface area contributed by atoms with Crippen molar-refractivity contribution in [3.63, 3.8) is 0 Å². The Morgan fingerprint density at radius 1 is 1.20 bits per heavy atom. The molecule has 104 valence electrons. The quantitative estimate of drug-likeness (QED) is 0.797. The molecular formula is C14H17N5O. The average Bonchev–Trinajstić information content (AvgIpc) is 3.01. The van der Waals surface area contributed by atoms with Gasteiger partial charge in [0.2, 0.25) is 0 Å². The summed E-state index contributed by atoms with van der Waals surface area (Å²) in [5.74, 6) is 0.00901. The lowest BCUT2D eigenvalue weighted by Gasteiger charge is -2.36. The maximum atomic E-state index is 12.2. The van der Waals surface area contributed by atoms with E-state index in [2.05, 4.69) is 15.1 Å². The summed E-state index contributed by atoms with van der Waals surface area (Å²) in [7, 11) is 0. The molecule has 1 fully saturated rings. The normalized spacial score (nSPS) is 15.4. The zero-order chi connectivity index (χ0) is 13.9. The molecule has 6 nitrogen and oxygen atoms in total. The molecule has 1 amide bonds. The Kier molecular flexibility index (Phi) is 3.28. The zero-order valence-electron chi connectivity index (χ0n) is 11.1. The zero-order valence-corrected chi connectivity index (χ0v) is 11.1. The number of hydrogen-bond donors (Lipinski definition) is 2. The van der Waals surface area contributed by atoms with E-state index in [-0.39, 0.29) is 5.91 Å². The number of benzene rings is 1. The Morgan fingerprint density at radius 3 is 2.65 bits per heavy atom. The Morgan fingerprint density at radius 2 is 2.00 bits per heavy atom. The van der Waals surface area contributed by atoms with Crippen molar-refractivity contribution >= 4 is 17.3 Å². The predicted octanol–water partition coefficient (Wildman–Crippen LogP) is 0.954. The monoisotopic (exact) mass is 271 g/mol. The van der Waals surface area contributed by atoms with Gasteiger partial charge in [0.15, 0.2) is 0 Å². The molecular weight excluding hydrogens is 254 g/mol. The molecule has 6 heteroatoms. The lowest BCUT2D eigenvalue weighted by Crippen LogP contribution is -2.48. The molecule has 0 radical (unpaired) electrons. The Bertz CT molecular complexity index is 587. The summed E-state index contributed by atoms with van der Waals surface area (Å²) in [6, 6.07) is 9.54. The van der Waals surface area contributed by atoms with E-state index in [1.807, 2.05) is 29.2 Å². The van der Waals surface area contributed by atoms with Gasteiger partial charge in [0.05, 0.1) is 0 Å². The Hall–Kier alpha value is -2.50. The third-order valence-corrected chi connectivity index (χ3v) is 3.53. The fraction of sp³-hybridized carbons (Fsp3) is 0.286. The summed E-state index contributed by atoms with van der Waals surface area (Å²) in [6.07, 6.45) is 1.59. The number of carbonyl (C=O) groups excluding carboxylic acids is 1. The number of aromatic amines is 1. The van der Waals surface area contributed by atoms with Crippen molar-refractivity contribution in [3.8, 4) is 0 Å². The number of hydrogen-bond acceptors (Lipinski definition) is 4. The van der Waals surface area contributed by atoms with Crippen molar-refractivity contribution in [2.75, 3.05) is 36.8 Å². The fourth-order valence-electron chi connectivity index (χ4n) is 2.43. The highest BCUT2D eigenvalue weighted by Gasteiger charge is 2.22. The van der Waals surface area contributed by atoms with Gasteiger partial charge in [-0.05, 0) is 24.3 Å². The maximum Gasteiger partial charge on any atom is 0.271 e. The summed E-state index contributed by atoms with van der Waals surface area (Å²) in [5.41, 5.74) is 8.22. The number of carbonyl (C=O) groups is 1. The standard InChI is InChI=1S/C14H17N5O/c15-11-2-1-3-12(10-11)18-6-8-19(9-7-18)14(20)13-4-5-16-17-13/h1-5,10H,6-9,15H2,(H,16,17). The highest BCUT2D eigenvalue weighted by atomic mass is 16.2. The second-order valence-corrected chi connectivity index (χ2v) is 4.84. The molecule has 20 heavy (non-hydrogen) atoms. The smallest absolute Gasteiger partial charge is 0.271 e. The average molecular weight is 271 g/mol. The summed E-state index contributed by atoms with van der Waals surface area (Å²) in [4.78, 5) is 16.3. The first kappa shape index (κ1) is 12.5. The van der Waals surface area contributed by atoms with Crippen molar-refractivity contribution in [1.29, 1.82) is 0 Å². The molecule has 1 aromatic carbocycles. The molecule has 2 heterocycles. The number of amides is 1. The molecule has 0 saturated carbocycles. The Balaban J connectivity index is 1.64. The number of aromatic nitrogens is 2. The molecule has 1 aliphatic rings. The minimum Gasteiger partial charge on any atom is -0.399 e. The van der Waals surface area contributed by atoms with Gasteiger partial charge in [-0.1, -0.05) is 6.07 Å². The number of nitrogens with zero attached hydrogens (tertiary/aromatic N) is 3. The molecule has 0 unspecified atom stereocenters. The van der Waals surface area contributed by atoms with Crippen LogP contribution < -0.4 is 10.6 Å². The second-order valence-electron chi connectivity index (χ2n) is 4.84. The second kappa shape index (κ2) is 5.24. The van der Waals surface area contributed by atoms with E-state index in [4.69, 9.17) is 5.73 Å². The van der Waals surface area contributed by atoms with Gasteiger partial charge in [-0.15, -0.1) is 0 Å². The molecule has 3 rings (SSSR count). The van der Waals surface area contributed by atoms with Gasteiger partial charge >= 0.3 is 0 Å². The van der Waals surface area contributed by atoms with Crippen LogP contribution in [-0.2, 0) is 0 Å². The van der Waals surface area contributed by atoms with Gasteiger partial charge in [0.1, 0.15) is 5.69 Å². The molecule has 3 N–H and O–H groups in total. The largest absolute Gasteiger partial charge is 0.399 e. The first-order chi connectivity index (χ1) is 9.74. The van der Waals surface area contributed by atoms with Gasteiger partial charge in [0.25, 0.3) is 5.91 Å². The number of rotatable bonds is 2. The SMILES string of the molecule is Nc1cccc(N2CCN(C(=O)c3ccn[nH]3)CC2)c1. The third-order valence-electron chi connectivity index (χ3n) is 3.53. The lowest BCUT2D eigenvalue weighted by atomic mass is 10.2. The lowest BCUT2D eigenvalue weighted by molar-refractivity contribution is 0.0741. The number of H-pyrrole nitrogens is 1. The van der Waals surface area contributed by atoms with Gasteiger partial charge in [-0.3, -0.25) is 9.89 Å². The van der Waals surface area contributed by atoms with Gasteiger partial charge < -0.3 is 15.5 Å². The number of nitrogens with two attached hydrogens (primary N) is 1. The van der Waals surface area contributed by atoms with Crippen LogP contribution in [0.4, 0.5) is 11.4 Å². The van der Waals surface area contributed by atoms with Crippen molar-refractivity contribution < 1.29 is 4.79 Å². The van der Waals surface area contributed by atoms with E-state index in [9.17, 15) is 4.79 Å². The van der Waals surface area contributed by atoms with Crippen LogP contribution in [0, 0.1) is 0 Å². The van der Waals surface area contributed by atoms with Crippen molar-refractivity contribution in [2.24, 2.45) is 0 Å². The summed E-state index contributed by atoms with van der Waals surface area (Å²) in [6.45, 7) is 3.02. The van der Waals surface area contributed by atoms with E-state index in [1.54, 1.807) is 12.3 Å². The van der Waals surface area contributed by atoms with Crippen LogP contribution in [0.15, 0.2) is 36.5 Å². The topological polar surface area (TPSA) is 78.2 Å². The van der Waals surface area contributed by atoms with Crippen molar-refractivity contribution in [2.45, 2.75) is 0 Å². The van der Waals surface area contributed by atoms with E-state index in [0.29, 0.717) is 18.8 Å². The van der Waals surface area contributed by atoms with Crippen LogP contribution in [0.5, 0.6) is 0 Å². The van der Waals surface area contributed by atoms with E-state index in [1.165, 1.54) is 0 Å². The first-order valence-electron chi connectivity index (χ1n) is 6.63. The van der Waals surface area contributed by atoms with Crippen LogP contribution in [0.2, 0.25) is 0 Å². The van der Waals surface area contributed by atoms with E-state index < -0.39 is 0 Å². The molecule has 1 aromatic heterocycles. The minimum atomic E-state index is 0.00901. The first-order valence-corrected chi connectivity index (χ1v) is 6.63. The van der Waals surface area contributed by atoms with E-state index >= 15 is 0 Å². The number of nitrogens with one attached hydrogen (secondary N) is 1. The molecule has 0 aliphatic carbocycles. The fourth-order valence-corrected chi connectivity index (χ4v) is 2.43. The van der Waals surface area contributed by atoms with Crippen LogP contribution in [-0.4, -0.2) is 47.2 Å². The third kappa shape index (κ3) is 2.45. The summed E-state index contributed by atoms with van der Waals surface area (Å²) >= 11 is 0. The van der Waals surface area contributed by atoms with Crippen LogP contribution in [0.1, 0.15) is 10.5 Å². The minimum absolute atomic E-state index is 0.00901. The van der Waals surface area contributed by atoms with Crippen LogP contribution in [0.25, 0.3) is 0 Å². The summed E-state index contributed by atoms with van der Waals surface area (Å²) < 4.78 is 0. The van der Waals surface area contributed by atoms with Gasteiger partial charge in [-0.25, -0.2) is 0 Å². The molecule has 0 spiro atoms.